The van der Waals surface area contributed by atoms with E-state index in [1.807, 2.05) is 44.4 Å². The SMILES string of the molecule is CN(C)CCOCCNC1CC(NC(=O)OCc2ccccc2)C1. The fourth-order valence-electron chi connectivity index (χ4n) is 2.52. The van der Waals surface area contributed by atoms with Gasteiger partial charge in [0.25, 0.3) is 0 Å². The summed E-state index contributed by atoms with van der Waals surface area (Å²) >= 11 is 0. The van der Waals surface area contributed by atoms with Gasteiger partial charge in [0.05, 0.1) is 13.2 Å². The van der Waals surface area contributed by atoms with Crippen molar-refractivity contribution in [2.45, 2.75) is 31.5 Å². The largest absolute Gasteiger partial charge is 0.445 e. The standard InChI is InChI=1S/C18H29N3O3/c1-21(2)9-11-23-10-8-19-16-12-17(13-16)20-18(22)24-14-15-6-4-3-5-7-15/h3-7,16-17,19H,8-14H2,1-2H3,(H,20,22). The van der Waals surface area contributed by atoms with E-state index in [0.717, 1.165) is 44.7 Å². The van der Waals surface area contributed by atoms with Gasteiger partial charge >= 0.3 is 6.09 Å². The number of carbonyl (C=O) groups excluding carboxylic acids is 1. The van der Waals surface area contributed by atoms with Crippen molar-refractivity contribution in [2.24, 2.45) is 0 Å². The molecule has 1 aliphatic rings. The quantitative estimate of drug-likeness (QED) is 0.636. The third-order valence-corrected chi connectivity index (χ3v) is 4.04. The zero-order valence-corrected chi connectivity index (χ0v) is 14.7. The van der Waals surface area contributed by atoms with Gasteiger partial charge < -0.3 is 25.0 Å². The molecule has 1 aromatic carbocycles. The van der Waals surface area contributed by atoms with E-state index in [1.54, 1.807) is 0 Å². The van der Waals surface area contributed by atoms with Crippen molar-refractivity contribution in [1.82, 2.24) is 15.5 Å². The van der Waals surface area contributed by atoms with Gasteiger partial charge in [0.2, 0.25) is 0 Å². The normalized spacial score (nSPS) is 19.8. The molecule has 0 saturated heterocycles. The van der Waals surface area contributed by atoms with Gasteiger partial charge in [0.1, 0.15) is 6.61 Å². The van der Waals surface area contributed by atoms with E-state index in [-0.39, 0.29) is 12.1 Å². The Labute approximate surface area is 144 Å². The lowest BCUT2D eigenvalue weighted by atomic mass is 9.87. The van der Waals surface area contributed by atoms with Gasteiger partial charge in [0, 0.05) is 25.2 Å². The van der Waals surface area contributed by atoms with Crippen LogP contribution in [-0.2, 0) is 16.1 Å². The summed E-state index contributed by atoms with van der Waals surface area (Å²) in [5, 5.41) is 6.34. The number of ether oxygens (including phenoxy) is 2. The molecule has 1 fully saturated rings. The molecule has 24 heavy (non-hydrogen) atoms. The summed E-state index contributed by atoms with van der Waals surface area (Å²) in [6, 6.07) is 10.4. The molecule has 0 atom stereocenters. The van der Waals surface area contributed by atoms with Crippen LogP contribution in [0.3, 0.4) is 0 Å². The van der Waals surface area contributed by atoms with Crippen LogP contribution in [0.1, 0.15) is 18.4 Å². The second kappa shape index (κ2) is 10.3. The van der Waals surface area contributed by atoms with Crippen LogP contribution in [0.15, 0.2) is 30.3 Å². The van der Waals surface area contributed by atoms with Crippen molar-refractivity contribution >= 4 is 6.09 Å². The molecule has 0 unspecified atom stereocenters. The fraction of sp³-hybridized carbons (Fsp3) is 0.611. The number of nitrogens with one attached hydrogen (secondary N) is 2. The molecule has 1 amide bonds. The van der Waals surface area contributed by atoms with Gasteiger partial charge in [-0.3, -0.25) is 0 Å². The topological polar surface area (TPSA) is 62.8 Å². The van der Waals surface area contributed by atoms with E-state index in [9.17, 15) is 4.79 Å². The first-order valence-electron chi connectivity index (χ1n) is 8.56. The molecule has 6 heteroatoms. The molecule has 0 spiro atoms. The number of alkyl carbamates (subject to hydrolysis) is 1. The summed E-state index contributed by atoms with van der Waals surface area (Å²) in [6.45, 7) is 3.59. The van der Waals surface area contributed by atoms with Gasteiger partial charge in [-0.1, -0.05) is 30.3 Å². The van der Waals surface area contributed by atoms with Gasteiger partial charge in [-0.2, -0.15) is 0 Å². The maximum Gasteiger partial charge on any atom is 0.407 e. The molecule has 0 aromatic heterocycles. The van der Waals surface area contributed by atoms with E-state index < -0.39 is 0 Å². The molecular weight excluding hydrogens is 306 g/mol. The van der Waals surface area contributed by atoms with Crippen molar-refractivity contribution < 1.29 is 14.3 Å². The van der Waals surface area contributed by atoms with Crippen LogP contribution in [0.4, 0.5) is 4.79 Å². The Kier molecular flexibility index (Phi) is 8.01. The van der Waals surface area contributed by atoms with Crippen LogP contribution in [0.25, 0.3) is 0 Å². The summed E-state index contributed by atoms with van der Waals surface area (Å²) in [5.41, 5.74) is 0.995. The van der Waals surface area contributed by atoms with Crippen molar-refractivity contribution in [3.05, 3.63) is 35.9 Å². The number of rotatable bonds is 10. The van der Waals surface area contributed by atoms with Crippen molar-refractivity contribution in [1.29, 1.82) is 0 Å². The zero-order chi connectivity index (χ0) is 17.2. The van der Waals surface area contributed by atoms with E-state index in [2.05, 4.69) is 15.5 Å². The highest BCUT2D eigenvalue weighted by Crippen LogP contribution is 2.19. The molecule has 0 radical (unpaired) electrons. The minimum atomic E-state index is -0.339. The predicted octanol–water partition coefficient (Wildman–Crippen LogP) is 1.61. The third kappa shape index (κ3) is 7.29. The zero-order valence-electron chi connectivity index (χ0n) is 14.7. The summed E-state index contributed by atoms with van der Waals surface area (Å²) in [7, 11) is 4.07. The van der Waals surface area contributed by atoms with Crippen LogP contribution in [0, 0.1) is 0 Å². The van der Waals surface area contributed by atoms with Gasteiger partial charge in [-0.05, 0) is 32.5 Å². The van der Waals surface area contributed by atoms with Crippen LogP contribution in [-0.4, -0.2) is 63.5 Å². The van der Waals surface area contributed by atoms with E-state index in [4.69, 9.17) is 9.47 Å². The fourth-order valence-corrected chi connectivity index (χ4v) is 2.52. The maximum absolute atomic E-state index is 11.7. The lowest BCUT2D eigenvalue weighted by Gasteiger charge is -2.36. The molecular formula is C18H29N3O3. The average molecular weight is 335 g/mol. The van der Waals surface area contributed by atoms with Crippen LogP contribution < -0.4 is 10.6 Å². The molecule has 1 saturated carbocycles. The predicted molar refractivity (Wildman–Crippen MR) is 93.9 cm³/mol. The summed E-state index contributed by atoms with van der Waals surface area (Å²) in [6.07, 6.45) is 1.55. The monoisotopic (exact) mass is 335 g/mol. The smallest absolute Gasteiger partial charge is 0.407 e. The Morgan fingerprint density at radius 3 is 2.62 bits per heavy atom. The summed E-state index contributed by atoms with van der Waals surface area (Å²) < 4.78 is 10.8. The molecule has 1 aromatic rings. The molecule has 6 nitrogen and oxygen atoms in total. The Balaban J connectivity index is 1.45. The van der Waals surface area contributed by atoms with Crippen LogP contribution in [0.2, 0.25) is 0 Å². The minimum Gasteiger partial charge on any atom is -0.445 e. The van der Waals surface area contributed by atoms with Crippen molar-refractivity contribution in [2.75, 3.05) is 40.4 Å². The Bertz CT molecular complexity index is 476. The number of likely N-dealkylation sites (N-methyl/N-ethyl adjacent to an activating group) is 1. The molecule has 1 aliphatic carbocycles. The first-order chi connectivity index (χ1) is 11.6. The Hall–Kier alpha value is -1.63. The molecule has 2 rings (SSSR count). The molecule has 0 aliphatic heterocycles. The van der Waals surface area contributed by atoms with Crippen LogP contribution in [0.5, 0.6) is 0 Å². The lowest BCUT2D eigenvalue weighted by molar-refractivity contribution is 0.108. The van der Waals surface area contributed by atoms with Gasteiger partial charge in [-0.15, -0.1) is 0 Å². The highest BCUT2D eigenvalue weighted by atomic mass is 16.5. The number of nitrogens with zero attached hydrogens (tertiary/aromatic N) is 1. The number of amides is 1. The number of carbonyl (C=O) groups is 1. The molecule has 2 N–H and O–H groups in total. The summed E-state index contributed by atoms with van der Waals surface area (Å²) in [5.74, 6) is 0. The highest BCUT2D eigenvalue weighted by Gasteiger charge is 2.30. The van der Waals surface area contributed by atoms with E-state index >= 15 is 0 Å². The number of hydrogen-bond donors (Lipinski definition) is 2. The van der Waals surface area contributed by atoms with E-state index in [1.165, 1.54) is 0 Å². The van der Waals surface area contributed by atoms with Gasteiger partial charge in [-0.25, -0.2) is 4.79 Å². The molecule has 0 heterocycles. The third-order valence-electron chi connectivity index (χ3n) is 4.04. The maximum atomic E-state index is 11.7. The molecule has 0 bridgehead atoms. The lowest BCUT2D eigenvalue weighted by Crippen LogP contribution is -2.53. The minimum absolute atomic E-state index is 0.209. The molecule has 134 valence electrons. The first-order valence-corrected chi connectivity index (χ1v) is 8.56. The van der Waals surface area contributed by atoms with Crippen molar-refractivity contribution in [3.8, 4) is 0 Å². The number of benzene rings is 1. The van der Waals surface area contributed by atoms with Crippen molar-refractivity contribution in [3.63, 3.8) is 0 Å². The number of hydrogen-bond acceptors (Lipinski definition) is 5. The second-order valence-corrected chi connectivity index (χ2v) is 6.44. The van der Waals surface area contributed by atoms with Gasteiger partial charge in [0.15, 0.2) is 0 Å². The Morgan fingerprint density at radius 1 is 1.17 bits per heavy atom. The Morgan fingerprint density at radius 2 is 1.92 bits per heavy atom. The second-order valence-electron chi connectivity index (χ2n) is 6.44. The average Bonchev–Trinajstić information content (AvgIpc) is 2.54. The summed E-state index contributed by atoms with van der Waals surface area (Å²) in [4.78, 5) is 13.8. The highest BCUT2D eigenvalue weighted by molar-refractivity contribution is 5.67. The van der Waals surface area contributed by atoms with Crippen LogP contribution >= 0.6 is 0 Å². The van der Waals surface area contributed by atoms with E-state index in [0.29, 0.717) is 12.6 Å². The first kappa shape index (κ1) is 18.7.